The van der Waals surface area contributed by atoms with E-state index in [4.69, 9.17) is 14.2 Å². The molecular weight excluding hydrogens is 837 g/mol. The zero-order valence-electron chi connectivity index (χ0n) is 45.4. The second-order valence-corrected chi connectivity index (χ2v) is 19.5. The molecule has 0 N–H and O–H groups in total. The van der Waals surface area contributed by atoms with E-state index in [1.165, 1.54) is 180 Å². The topological polar surface area (TPSA) is 61.8 Å². The molecule has 0 rings (SSSR count). The predicted octanol–water partition coefficient (Wildman–Crippen LogP) is 20.2. The van der Waals surface area contributed by atoms with Crippen molar-refractivity contribution in [3.63, 3.8) is 0 Å². The van der Waals surface area contributed by atoms with E-state index in [9.17, 15) is 9.59 Å². The summed E-state index contributed by atoms with van der Waals surface area (Å²) in [7, 11) is 0. The lowest BCUT2D eigenvalue weighted by molar-refractivity contribution is -0.163. The lowest BCUT2D eigenvalue weighted by atomic mass is 10.1. The number of allylic oxidation sites excluding steroid dienone is 12. The fraction of sp³-hybridized carbons (Fsp3) is 0.778. The molecule has 0 aromatic heterocycles. The van der Waals surface area contributed by atoms with Crippen LogP contribution >= 0.6 is 0 Å². The Labute approximate surface area is 423 Å². The summed E-state index contributed by atoms with van der Waals surface area (Å²) >= 11 is 0. The van der Waals surface area contributed by atoms with Crippen LogP contribution in [0.2, 0.25) is 0 Å². The zero-order valence-corrected chi connectivity index (χ0v) is 45.4. The van der Waals surface area contributed by atoms with Crippen LogP contribution in [0.3, 0.4) is 0 Å². The molecule has 0 aliphatic rings. The predicted molar refractivity (Wildman–Crippen MR) is 297 cm³/mol. The summed E-state index contributed by atoms with van der Waals surface area (Å²) in [5, 5.41) is 0. The summed E-state index contributed by atoms with van der Waals surface area (Å²) in [5.41, 5.74) is 0. The lowest BCUT2D eigenvalue weighted by Crippen LogP contribution is -2.30. The van der Waals surface area contributed by atoms with Crippen LogP contribution in [0.1, 0.15) is 290 Å². The monoisotopic (exact) mass is 949 g/mol. The van der Waals surface area contributed by atoms with Crippen LogP contribution in [0, 0.1) is 0 Å². The number of ether oxygens (including phenoxy) is 3. The number of carbonyl (C=O) groups excluding carboxylic acids is 2. The van der Waals surface area contributed by atoms with Crippen LogP contribution in [-0.4, -0.2) is 37.9 Å². The maximum absolute atomic E-state index is 12.9. The molecule has 0 saturated heterocycles. The Morgan fingerprint density at radius 1 is 0.338 bits per heavy atom. The van der Waals surface area contributed by atoms with E-state index in [0.29, 0.717) is 19.4 Å². The minimum absolute atomic E-state index is 0.0749. The van der Waals surface area contributed by atoms with Gasteiger partial charge in [0, 0.05) is 19.4 Å². The molecule has 0 saturated carbocycles. The highest BCUT2D eigenvalue weighted by molar-refractivity contribution is 5.70. The van der Waals surface area contributed by atoms with Crippen molar-refractivity contribution in [3.05, 3.63) is 72.9 Å². The third kappa shape index (κ3) is 55.9. The van der Waals surface area contributed by atoms with Gasteiger partial charge in [0.05, 0.1) is 6.61 Å². The summed E-state index contributed by atoms with van der Waals surface area (Å²) in [6, 6.07) is 0. The largest absolute Gasteiger partial charge is 0.462 e. The van der Waals surface area contributed by atoms with Gasteiger partial charge < -0.3 is 14.2 Å². The van der Waals surface area contributed by atoms with Crippen LogP contribution in [-0.2, 0) is 23.8 Å². The van der Waals surface area contributed by atoms with E-state index in [2.05, 4.69) is 93.7 Å². The smallest absolute Gasteiger partial charge is 0.306 e. The molecule has 0 bridgehead atoms. The first kappa shape index (κ1) is 65.3. The Balaban J connectivity index is 4.29. The van der Waals surface area contributed by atoms with E-state index >= 15 is 0 Å². The van der Waals surface area contributed by atoms with E-state index in [-0.39, 0.29) is 25.2 Å². The van der Waals surface area contributed by atoms with E-state index < -0.39 is 6.10 Å². The molecule has 0 aliphatic heterocycles. The second-order valence-electron chi connectivity index (χ2n) is 19.5. The van der Waals surface area contributed by atoms with Gasteiger partial charge >= 0.3 is 11.9 Å². The first-order valence-electron chi connectivity index (χ1n) is 29.5. The Bertz CT molecular complexity index is 1210. The highest BCUT2D eigenvalue weighted by Gasteiger charge is 2.17. The molecular formula is C63H112O5. The molecule has 0 fully saturated rings. The highest BCUT2D eigenvalue weighted by atomic mass is 16.6. The Morgan fingerprint density at radius 3 is 1.10 bits per heavy atom. The molecule has 5 heteroatoms. The molecule has 0 aromatic rings. The molecule has 68 heavy (non-hydrogen) atoms. The fourth-order valence-corrected chi connectivity index (χ4v) is 8.32. The minimum atomic E-state index is -0.551. The van der Waals surface area contributed by atoms with Crippen molar-refractivity contribution in [3.8, 4) is 0 Å². The van der Waals surface area contributed by atoms with Crippen molar-refractivity contribution in [2.24, 2.45) is 0 Å². The van der Waals surface area contributed by atoms with Gasteiger partial charge in [-0.05, 0) is 109 Å². The van der Waals surface area contributed by atoms with Gasteiger partial charge in [-0.15, -0.1) is 0 Å². The van der Waals surface area contributed by atoms with Crippen LogP contribution in [0.25, 0.3) is 0 Å². The molecule has 0 heterocycles. The molecule has 0 aromatic carbocycles. The third-order valence-electron chi connectivity index (χ3n) is 12.7. The van der Waals surface area contributed by atoms with Crippen molar-refractivity contribution in [1.82, 2.24) is 0 Å². The maximum atomic E-state index is 12.9. The molecule has 0 radical (unpaired) electrons. The van der Waals surface area contributed by atoms with Gasteiger partial charge in [0.15, 0.2) is 6.10 Å². The van der Waals surface area contributed by atoms with E-state index in [0.717, 1.165) is 77.0 Å². The Morgan fingerprint density at radius 2 is 0.662 bits per heavy atom. The minimum Gasteiger partial charge on any atom is -0.462 e. The number of hydrogen-bond acceptors (Lipinski definition) is 5. The van der Waals surface area contributed by atoms with Crippen molar-refractivity contribution < 1.29 is 23.8 Å². The van der Waals surface area contributed by atoms with Gasteiger partial charge in [-0.1, -0.05) is 241 Å². The first-order chi connectivity index (χ1) is 33.6. The molecule has 0 aliphatic carbocycles. The molecule has 1 atom stereocenters. The van der Waals surface area contributed by atoms with Crippen LogP contribution in [0.4, 0.5) is 0 Å². The molecule has 0 amide bonds. The number of hydrogen-bond donors (Lipinski definition) is 0. The second kappa shape index (κ2) is 58.7. The van der Waals surface area contributed by atoms with Gasteiger partial charge in [0.2, 0.25) is 0 Å². The molecule has 5 nitrogen and oxygen atoms in total. The first-order valence-corrected chi connectivity index (χ1v) is 29.5. The van der Waals surface area contributed by atoms with Crippen molar-refractivity contribution in [2.45, 2.75) is 297 Å². The van der Waals surface area contributed by atoms with Crippen molar-refractivity contribution in [2.75, 3.05) is 19.8 Å². The molecule has 394 valence electrons. The third-order valence-corrected chi connectivity index (χ3v) is 12.7. The average molecular weight is 950 g/mol. The van der Waals surface area contributed by atoms with Gasteiger partial charge in [0.25, 0.3) is 0 Å². The van der Waals surface area contributed by atoms with E-state index in [1.54, 1.807) is 0 Å². The number of carbonyl (C=O) groups is 2. The van der Waals surface area contributed by atoms with Crippen LogP contribution < -0.4 is 0 Å². The Kier molecular flexibility index (Phi) is 56.4. The summed E-state index contributed by atoms with van der Waals surface area (Å²) in [5.74, 6) is -0.407. The quantitative estimate of drug-likeness (QED) is 0.0345. The maximum Gasteiger partial charge on any atom is 0.306 e. The number of unbranched alkanes of at least 4 members (excludes halogenated alkanes) is 31. The van der Waals surface area contributed by atoms with Crippen molar-refractivity contribution >= 4 is 11.9 Å². The van der Waals surface area contributed by atoms with E-state index in [1.807, 2.05) is 0 Å². The van der Waals surface area contributed by atoms with Crippen molar-refractivity contribution in [1.29, 1.82) is 0 Å². The number of esters is 2. The average Bonchev–Trinajstić information content (AvgIpc) is 3.34. The number of rotatable bonds is 54. The fourth-order valence-electron chi connectivity index (χ4n) is 8.32. The van der Waals surface area contributed by atoms with Crippen LogP contribution in [0.15, 0.2) is 72.9 Å². The lowest BCUT2D eigenvalue weighted by Gasteiger charge is -2.18. The normalized spacial score (nSPS) is 12.7. The highest BCUT2D eigenvalue weighted by Crippen LogP contribution is 2.15. The SMILES string of the molecule is CC/C=C\C/C=C\C/C=C\CCCCCCCCOCC(COC(=O)CCCCCCCCCCC/C=C\CCCCCCCC)OC(=O)CCCCCCCCC/C=C\C/C=C\CCCCC. The zero-order chi connectivity index (χ0) is 49.2. The summed E-state index contributed by atoms with van der Waals surface area (Å²) in [6.07, 6.45) is 76.4. The van der Waals surface area contributed by atoms with Gasteiger partial charge in [0.1, 0.15) is 6.61 Å². The van der Waals surface area contributed by atoms with Crippen LogP contribution in [0.5, 0.6) is 0 Å². The summed E-state index contributed by atoms with van der Waals surface area (Å²) in [4.78, 5) is 25.6. The van der Waals surface area contributed by atoms with Gasteiger partial charge in [-0.2, -0.15) is 0 Å². The van der Waals surface area contributed by atoms with Gasteiger partial charge in [-0.25, -0.2) is 0 Å². The standard InChI is InChI=1S/C63H112O5/c1-4-7-10-13-16-19-22-25-28-31-32-34-35-38-41-44-47-50-53-56-62(64)67-60-61(59-66-58-55-52-49-46-43-40-37-30-27-24-21-18-15-12-9-6-3)68-63(65)57-54-51-48-45-42-39-36-33-29-26-23-20-17-14-11-8-5-2/h9,12,17-18,20-21,25-30,61H,4-8,10-11,13-16,19,22-24,31-60H2,1-3H3/b12-9-,20-17-,21-18-,28-25-,29-26-,30-27-. The summed E-state index contributed by atoms with van der Waals surface area (Å²) in [6.45, 7) is 7.68. The molecule has 0 spiro atoms. The summed E-state index contributed by atoms with van der Waals surface area (Å²) < 4.78 is 17.5. The Hall–Kier alpha value is -2.66. The molecule has 1 unspecified atom stereocenters. The van der Waals surface area contributed by atoms with Gasteiger partial charge in [-0.3, -0.25) is 9.59 Å².